The highest BCUT2D eigenvalue weighted by Crippen LogP contribution is 2.27. The first-order valence-electron chi connectivity index (χ1n) is 11.9. The van der Waals surface area contributed by atoms with Gasteiger partial charge < -0.3 is 24.3 Å². The summed E-state index contributed by atoms with van der Waals surface area (Å²) in [5.74, 6) is -0.0119. The average Bonchev–Trinajstić information content (AvgIpc) is 3.26. The Labute approximate surface area is 204 Å². The van der Waals surface area contributed by atoms with Gasteiger partial charge in [0, 0.05) is 36.7 Å². The van der Waals surface area contributed by atoms with Gasteiger partial charge in [0.15, 0.2) is 11.5 Å². The Morgan fingerprint density at radius 1 is 0.943 bits per heavy atom. The van der Waals surface area contributed by atoms with Crippen molar-refractivity contribution in [3.63, 3.8) is 0 Å². The van der Waals surface area contributed by atoms with E-state index in [-0.39, 0.29) is 12.5 Å². The number of amides is 2. The molecule has 0 aliphatic carbocycles. The molecule has 2 aromatic carbocycles. The molecule has 0 bridgehead atoms. The molecule has 1 fully saturated rings. The van der Waals surface area contributed by atoms with Crippen molar-refractivity contribution in [2.45, 2.75) is 32.2 Å². The molecule has 0 atom stereocenters. The smallest absolute Gasteiger partial charge is 0.292 e. The Morgan fingerprint density at radius 2 is 1.69 bits per heavy atom. The summed E-state index contributed by atoms with van der Waals surface area (Å²) in [6, 6.07) is 12.9. The van der Waals surface area contributed by atoms with Crippen LogP contribution in [0.1, 0.15) is 35.2 Å². The molecular weight excluding hydrogens is 446 g/mol. The fourth-order valence-corrected chi connectivity index (χ4v) is 4.51. The molecule has 0 radical (unpaired) electrons. The maximum Gasteiger partial charge on any atom is 0.292 e. The number of para-hydroxylation sites is 1. The van der Waals surface area contributed by atoms with Crippen LogP contribution in [0, 0.1) is 0 Å². The summed E-state index contributed by atoms with van der Waals surface area (Å²) < 4.78 is 12.3. The second-order valence-corrected chi connectivity index (χ2v) is 8.65. The van der Waals surface area contributed by atoms with E-state index >= 15 is 0 Å². The lowest BCUT2D eigenvalue weighted by Gasteiger charge is -2.27. The zero-order valence-corrected chi connectivity index (χ0v) is 20.2. The number of benzene rings is 2. The van der Waals surface area contributed by atoms with Crippen LogP contribution in [0.15, 0.2) is 48.7 Å². The van der Waals surface area contributed by atoms with Crippen molar-refractivity contribution in [1.29, 1.82) is 0 Å². The molecule has 1 N–H and O–H groups in total. The van der Waals surface area contributed by atoms with Gasteiger partial charge in [-0.05, 0) is 49.4 Å². The van der Waals surface area contributed by atoms with Gasteiger partial charge in [0.1, 0.15) is 6.54 Å². The highest BCUT2D eigenvalue weighted by molar-refractivity contribution is 6.45. The van der Waals surface area contributed by atoms with Crippen LogP contribution in [-0.2, 0) is 22.6 Å². The number of Topliss-reactive ketones (excluding diaryl/α,β-unsaturated/α-hetero) is 1. The molecule has 35 heavy (non-hydrogen) atoms. The summed E-state index contributed by atoms with van der Waals surface area (Å²) in [5, 5.41) is 3.38. The summed E-state index contributed by atoms with van der Waals surface area (Å²) in [7, 11) is 3.14. The Morgan fingerprint density at radius 3 is 2.43 bits per heavy atom. The van der Waals surface area contributed by atoms with E-state index in [0.29, 0.717) is 35.4 Å². The Bertz CT molecular complexity index is 1230. The number of methoxy groups -OCH3 is 2. The van der Waals surface area contributed by atoms with Crippen molar-refractivity contribution in [1.82, 2.24) is 14.8 Å². The van der Waals surface area contributed by atoms with Crippen LogP contribution in [0.5, 0.6) is 11.5 Å². The van der Waals surface area contributed by atoms with E-state index < -0.39 is 11.7 Å². The number of fused-ring (bicyclic) bond motifs is 1. The molecule has 8 heteroatoms. The molecule has 1 aliphatic rings. The fourth-order valence-electron chi connectivity index (χ4n) is 4.51. The summed E-state index contributed by atoms with van der Waals surface area (Å²) in [4.78, 5) is 40.4. The van der Waals surface area contributed by atoms with Crippen LogP contribution in [0.4, 0.5) is 0 Å². The lowest BCUT2D eigenvalue weighted by Crippen LogP contribution is -2.37. The summed E-state index contributed by atoms with van der Waals surface area (Å²) >= 11 is 0. The van der Waals surface area contributed by atoms with Crippen molar-refractivity contribution < 1.29 is 23.9 Å². The average molecular weight is 478 g/mol. The number of ketones is 1. The molecule has 0 unspecified atom stereocenters. The summed E-state index contributed by atoms with van der Waals surface area (Å²) in [5.41, 5.74) is 2.01. The molecular formula is C27H31N3O5. The topological polar surface area (TPSA) is 89.9 Å². The number of aromatic nitrogens is 1. The van der Waals surface area contributed by atoms with Gasteiger partial charge in [0.05, 0.1) is 19.8 Å². The molecule has 0 saturated carbocycles. The zero-order chi connectivity index (χ0) is 24.8. The first kappa shape index (κ1) is 24.3. The van der Waals surface area contributed by atoms with Crippen molar-refractivity contribution >= 4 is 28.5 Å². The summed E-state index contributed by atoms with van der Waals surface area (Å²) in [6.45, 7) is 1.99. The van der Waals surface area contributed by atoms with Gasteiger partial charge in [-0.1, -0.05) is 24.3 Å². The van der Waals surface area contributed by atoms with E-state index in [9.17, 15) is 14.4 Å². The molecule has 8 nitrogen and oxygen atoms in total. The molecule has 3 aromatic rings. The van der Waals surface area contributed by atoms with E-state index in [2.05, 4.69) is 5.32 Å². The van der Waals surface area contributed by atoms with Crippen molar-refractivity contribution in [3.8, 4) is 11.5 Å². The van der Waals surface area contributed by atoms with E-state index in [1.54, 1.807) is 37.1 Å². The number of likely N-dealkylation sites (tertiary alicyclic amines) is 1. The molecule has 1 saturated heterocycles. The van der Waals surface area contributed by atoms with Gasteiger partial charge in [0.2, 0.25) is 5.91 Å². The number of piperidine rings is 1. The van der Waals surface area contributed by atoms with Gasteiger partial charge >= 0.3 is 0 Å². The molecule has 0 spiro atoms. The third-order valence-corrected chi connectivity index (χ3v) is 6.40. The second-order valence-electron chi connectivity index (χ2n) is 8.65. The lowest BCUT2D eigenvalue weighted by molar-refractivity contribution is -0.132. The van der Waals surface area contributed by atoms with Crippen LogP contribution in [0.3, 0.4) is 0 Å². The molecule has 184 valence electrons. The monoisotopic (exact) mass is 477 g/mol. The zero-order valence-electron chi connectivity index (χ0n) is 20.2. The van der Waals surface area contributed by atoms with Gasteiger partial charge in [-0.25, -0.2) is 0 Å². The predicted octanol–water partition coefficient (Wildman–Crippen LogP) is 3.21. The summed E-state index contributed by atoms with van der Waals surface area (Å²) in [6.07, 6.45) is 5.35. The number of nitrogens with zero attached hydrogens (tertiary/aromatic N) is 2. The van der Waals surface area contributed by atoms with Crippen LogP contribution >= 0.6 is 0 Å². The second kappa shape index (κ2) is 11.1. The number of nitrogens with one attached hydrogen (secondary N) is 1. The molecule has 2 heterocycles. The normalized spacial score (nSPS) is 13.5. The third-order valence-electron chi connectivity index (χ3n) is 6.40. The standard InChI is InChI=1S/C27H31N3O5/c1-34-23-11-10-19(16-24(23)35-2)12-13-28-27(33)26(32)21-17-30(22-9-5-4-8-20(21)22)18-25(31)29-14-6-3-7-15-29/h4-5,8-11,16-17H,3,6-7,12-15,18H2,1-2H3,(H,28,33). The highest BCUT2D eigenvalue weighted by atomic mass is 16.5. The van der Waals surface area contributed by atoms with Crippen molar-refractivity contribution in [2.75, 3.05) is 33.9 Å². The van der Waals surface area contributed by atoms with Crippen LogP contribution in [0.2, 0.25) is 0 Å². The Kier molecular flexibility index (Phi) is 7.70. The van der Waals surface area contributed by atoms with E-state index in [1.165, 1.54) is 0 Å². The van der Waals surface area contributed by atoms with Crippen LogP contribution < -0.4 is 14.8 Å². The van der Waals surface area contributed by atoms with Gasteiger partial charge in [-0.2, -0.15) is 0 Å². The van der Waals surface area contributed by atoms with Gasteiger partial charge in [-0.3, -0.25) is 14.4 Å². The van der Waals surface area contributed by atoms with E-state index in [1.807, 2.05) is 35.2 Å². The minimum Gasteiger partial charge on any atom is -0.493 e. The maximum absolute atomic E-state index is 13.0. The quantitative estimate of drug-likeness (QED) is 0.378. The minimum absolute atomic E-state index is 0.0313. The number of carbonyl (C=O) groups excluding carboxylic acids is 3. The predicted molar refractivity (Wildman–Crippen MR) is 133 cm³/mol. The largest absolute Gasteiger partial charge is 0.493 e. The first-order valence-corrected chi connectivity index (χ1v) is 11.9. The van der Waals surface area contributed by atoms with Crippen LogP contribution in [-0.4, -0.2) is 60.9 Å². The highest BCUT2D eigenvalue weighted by Gasteiger charge is 2.23. The number of ether oxygens (including phenoxy) is 2. The SMILES string of the molecule is COc1ccc(CCNC(=O)C(=O)c2cn(CC(=O)N3CCCCC3)c3ccccc23)cc1OC. The Hall–Kier alpha value is -3.81. The molecule has 1 aliphatic heterocycles. The molecule has 1 aromatic heterocycles. The number of hydrogen-bond donors (Lipinski definition) is 1. The molecule has 2 amide bonds. The minimum atomic E-state index is -0.671. The van der Waals surface area contributed by atoms with Gasteiger partial charge in [0.25, 0.3) is 11.7 Å². The Balaban J connectivity index is 1.43. The lowest BCUT2D eigenvalue weighted by atomic mass is 10.1. The van der Waals surface area contributed by atoms with Crippen molar-refractivity contribution in [3.05, 3.63) is 59.8 Å². The number of rotatable bonds is 9. The first-order chi connectivity index (χ1) is 17.0. The van der Waals surface area contributed by atoms with Crippen LogP contribution in [0.25, 0.3) is 10.9 Å². The number of carbonyl (C=O) groups is 3. The number of hydrogen-bond acceptors (Lipinski definition) is 5. The van der Waals surface area contributed by atoms with E-state index in [0.717, 1.165) is 43.4 Å². The van der Waals surface area contributed by atoms with Gasteiger partial charge in [-0.15, -0.1) is 0 Å². The van der Waals surface area contributed by atoms with Crippen molar-refractivity contribution in [2.24, 2.45) is 0 Å². The fraction of sp³-hybridized carbons (Fsp3) is 0.370. The third kappa shape index (κ3) is 5.48. The maximum atomic E-state index is 13.0. The molecule has 4 rings (SSSR count). The van der Waals surface area contributed by atoms with E-state index in [4.69, 9.17) is 9.47 Å².